The van der Waals surface area contributed by atoms with Crippen LogP contribution < -0.4 is 10.6 Å². The number of anilines is 1. The quantitative estimate of drug-likeness (QED) is 0.866. The highest BCUT2D eigenvalue weighted by atomic mass is 35.5. The number of pyridine rings is 1. The smallest absolute Gasteiger partial charge is 0.227 e. The number of carbonyl (C=O) groups excluding carboxylic acids is 1. The Hall–Kier alpha value is -1.62. The molecule has 1 aromatic heterocycles. The summed E-state index contributed by atoms with van der Waals surface area (Å²) in [7, 11) is 0. The molecule has 2 N–H and O–H groups in total. The number of nitrogens with one attached hydrogen (secondary N) is 2. The fraction of sp³-hybridized carbons (Fsp3) is 0.333. The molecule has 6 heteroatoms. The highest BCUT2D eigenvalue weighted by Gasteiger charge is 2.21. The summed E-state index contributed by atoms with van der Waals surface area (Å²) in [6, 6.07) is 10.1. The van der Waals surface area contributed by atoms with Crippen molar-refractivity contribution in [1.82, 2.24) is 10.3 Å². The Morgan fingerprint density at radius 1 is 1.08 bits per heavy atom. The second-order valence-corrected chi connectivity index (χ2v) is 5.78. The SMILES string of the molecule is Cc1ccc(-c2ccncc2)cc1NC(=O)C1CCNCC1.Cl.Cl. The van der Waals surface area contributed by atoms with Gasteiger partial charge in [-0.05, 0) is 67.7 Å². The minimum absolute atomic E-state index is 0. The van der Waals surface area contributed by atoms with Crippen molar-refractivity contribution >= 4 is 36.4 Å². The van der Waals surface area contributed by atoms with Gasteiger partial charge in [-0.2, -0.15) is 0 Å². The number of benzene rings is 1. The molecule has 1 amide bonds. The lowest BCUT2D eigenvalue weighted by Gasteiger charge is -2.22. The third-order valence-electron chi connectivity index (χ3n) is 4.22. The highest BCUT2D eigenvalue weighted by Crippen LogP contribution is 2.26. The zero-order valence-corrected chi connectivity index (χ0v) is 15.3. The van der Waals surface area contributed by atoms with Crippen LogP contribution in [0.3, 0.4) is 0 Å². The van der Waals surface area contributed by atoms with Crippen molar-refractivity contribution in [2.45, 2.75) is 19.8 Å². The first-order chi connectivity index (χ1) is 10.7. The topological polar surface area (TPSA) is 54.0 Å². The number of hydrogen-bond donors (Lipinski definition) is 2. The maximum Gasteiger partial charge on any atom is 0.227 e. The van der Waals surface area contributed by atoms with Crippen molar-refractivity contribution in [3.05, 3.63) is 48.3 Å². The van der Waals surface area contributed by atoms with E-state index in [9.17, 15) is 4.79 Å². The Labute approximate surface area is 155 Å². The van der Waals surface area contributed by atoms with Gasteiger partial charge in [0.15, 0.2) is 0 Å². The number of amides is 1. The molecule has 0 atom stereocenters. The van der Waals surface area contributed by atoms with E-state index < -0.39 is 0 Å². The number of halogens is 2. The molecule has 1 aliphatic rings. The largest absolute Gasteiger partial charge is 0.326 e. The second-order valence-electron chi connectivity index (χ2n) is 5.78. The van der Waals surface area contributed by atoms with E-state index in [0.29, 0.717) is 0 Å². The first-order valence-corrected chi connectivity index (χ1v) is 7.76. The normalized spacial score (nSPS) is 14.2. The predicted molar refractivity (Wildman–Crippen MR) is 103 cm³/mol. The minimum Gasteiger partial charge on any atom is -0.326 e. The van der Waals surface area contributed by atoms with E-state index in [1.54, 1.807) is 12.4 Å². The molecule has 0 spiro atoms. The molecule has 4 nitrogen and oxygen atoms in total. The van der Waals surface area contributed by atoms with Gasteiger partial charge in [-0.25, -0.2) is 0 Å². The summed E-state index contributed by atoms with van der Waals surface area (Å²) < 4.78 is 0. The van der Waals surface area contributed by atoms with Crippen molar-refractivity contribution in [1.29, 1.82) is 0 Å². The Kier molecular flexibility index (Phi) is 8.19. The number of carbonyl (C=O) groups is 1. The van der Waals surface area contributed by atoms with E-state index in [1.165, 1.54) is 0 Å². The lowest BCUT2D eigenvalue weighted by Crippen LogP contribution is -2.34. The van der Waals surface area contributed by atoms with Crippen LogP contribution in [0.2, 0.25) is 0 Å². The lowest BCUT2D eigenvalue weighted by atomic mass is 9.96. The molecule has 2 aromatic rings. The van der Waals surface area contributed by atoms with Crippen molar-refractivity contribution in [3.63, 3.8) is 0 Å². The van der Waals surface area contributed by atoms with Crippen LogP contribution in [-0.2, 0) is 4.79 Å². The molecule has 2 heterocycles. The van der Waals surface area contributed by atoms with Crippen molar-refractivity contribution in [2.75, 3.05) is 18.4 Å². The lowest BCUT2D eigenvalue weighted by molar-refractivity contribution is -0.120. The van der Waals surface area contributed by atoms with Gasteiger partial charge in [0, 0.05) is 24.0 Å². The Morgan fingerprint density at radius 3 is 2.42 bits per heavy atom. The maximum atomic E-state index is 12.4. The summed E-state index contributed by atoms with van der Waals surface area (Å²) in [4.78, 5) is 16.5. The van der Waals surface area contributed by atoms with Crippen molar-refractivity contribution in [3.8, 4) is 11.1 Å². The third kappa shape index (κ3) is 4.94. The molecule has 1 aliphatic heterocycles. The van der Waals surface area contributed by atoms with Crippen LogP contribution in [-0.4, -0.2) is 24.0 Å². The molecule has 0 unspecified atom stereocenters. The first kappa shape index (κ1) is 20.4. The van der Waals surface area contributed by atoms with Crippen LogP contribution in [0.5, 0.6) is 0 Å². The van der Waals surface area contributed by atoms with Gasteiger partial charge in [-0.15, -0.1) is 24.8 Å². The first-order valence-electron chi connectivity index (χ1n) is 7.76. The second kappa shape index (κ2) is 9.62. The Balaban J connectivity index is 0.00000144. The zero-order chi connectivity index (χ0) is 15.4. The predicted octanol–water partition coefficient (Wildman–Crippen LogP) is 3.84. The molecule has 1 fully saturated rings. The fourth-order valence-electron chi connectivity index (χ4n) is 2.80. The van der Waals surface area contributed by atoms with Crippen molar-refractivity contribution < 1.29 is 4.79 Å². The van der Waals surface area contributed by atoms with Crippen LogP contribution >= 0.6 is 24.8 Å². The minimum atomic E-state index is 0. The zero-order valence-electron chi connectivity index (χ0n) is 13.6. The van der Waals surface area contributed by atoms with Crippen LogP contribution in [0.4, 0.5) is 5.69 Å². The van der Waals surface area contributed by atoms with Crippen molar-refractivity contribution in [2.24, 2.45) is 5.92 Å². The summed E-state index contributed by atoms with van der Waals surface area (Å²) >= 11 is 0. The molecule has 24 heavy (non-hydrogen) atoms. The van der Waals surface area contributed by atoms with E-state index in [1.807, 2.05) is 31.2 Å². The third-order valence-corrected chi connectivity index (χ3v) is 4.22. The fourth-order valence-corrected chi connectivity index (χ4v) is 2.80. The average Bonchev–Trinajstić information content (AvgIpc) is 2.58. The number of nitrogens with zero attached hydrogens (tertiary/aromatic N) is 1. The van der Waals surface area contributed by atoms with Gasteiger partial charge < -0.3 is 10.6 Å². The van der Waals surface area contributed by atoms with E-state index >= 15 is 0 Å². The van der Waals surface area contributed by atoms with Gasteiger partial charge in [-0.3, -0.25) is 9.78 Å². The van der Waals surface area contributed by atoms with Crippen LogP contribution in [0.15, 0.2) is 42.7 Å². The molecule has 0 aliphatic carbocycles. The van der Waals surface area contributed by atoms with Gasteiger partial charge in [-0.1, -0.05) is 12.1 Å². The van der Waals surface area contributed by atoms with Crippen LogP contribution in [0.1, 0.15) is 18.4 Å². The van der Waals surface area contributed by atoms with Crippen LogP contribution in [0, 0.1) is 12.8 Å². The highest BCUT2D eigenvalue weighted by molar-refractivity contribution is 5.94. The molecular weight excluding hydrogens is 345 g/mol. The maximum absolute atomic E-state index is 12.4. The summed E-state index contributed by atoms with van der Waals surface area (Å²) in [6.45, 7) is 3.87. The number of rotatable bonds is 3. The number of hydrogen-bond acceptors (Lipinski definition) is 3. The number of piperidine rings is 1. The molecule has 1 saturated heterocycles. The van der Waals surface area contributed by atoms with E-state index in [2.05, 4.69) is 21.7 Å². The number of aryl methyl sites for hydroxylation is 1. The van der Waals surface area contributed by atoms with E-state index in [0.717, 1.165) is 48.3 Å². The standard InChI is InChI=1S/C18H21N3O.2ClH/c1-13-2-3-16(14-4-8-19-9-5-14)12-17(13)21-18(22)15-6-10-20-11-7-15;;/h2-5,8-9,12,15,20H,6-7,10-11H2,1H3,(H,21,22);2*1H. The van der Waals surface area contributed by atoms with Gasteiger partial charge in [0.05, 0.1) is 0 Å². The molecular formula is C18H23Cl2N3O. The van der Waals surface area contributed by atoms with E-state index in [4.69, 9.17) is 0 Å². The Bertz CT molecular complexity index is 659. The van der Waals surface area contributed by atoms with Crippen LogP contribution in [0.25, 0.3) is 11.1 Å². The average molecular weight is 368 g/mol. The molecule has 0 bridgehead atoms. The summed E-state index contributed by atoms with van der Waals surface area (Å²) in [5.74, 6) is 0.252. The van der Waals surface area contributed by atoms with Gasteiger partial charge in [0.25, 0.3) is 0 Å². The van der Waals surface area contributed by atoms with E-state index in [-0.39, 0.29) is 36.6 Å². The van der Waals surface area contributed by atoms with Gasteiger partial charge in [0.1, 0.15) is 0 Å². The molecule has 0 saturated carbocycles. The Morgan fingerprint density at radius 2 is 1.75 bits per heavy atom. The monoisotopic (exact) mass is 367 g/mol. The van der Waals surface area contributed by atoms with Gasteiger partial charge in [0.2, 0.25) is 5.91 Å². The molecule has 1 aromatic carbocycles. The number of aromatic nitrogens is 1. The summed E-state index contributed by atoms with van der Waals surface area (Å²) in [6.07, 6.45) is 5.38. The molecule has 130 valence electrons. The molecule has 3 rings (SSSR count). The summed E-state index contributed by atoms with van der Waals surface area (Å²) in [5, 5.41) is 6.40. The van der Waals surface area contributed by atoms with Gasteiger partial charge >= 0.3 is 0 Å². The molecule has 0 radical (unpaired) electrons. The summed E-state index contributed by atoms with van der Waals surface area (Å²) in [5.41, 5.74) is 4.18.